The molecule has 0 spiro atoms. The van der Waals surface area contributed by atoms with Gasteiger partial charge < -0.3 is 14.7 Å². The van der Waals surface area contributed by atoms with Crippen LogP contribution in [0.5, 0.6) is 0 Å². The van der Waals surface area contributed by atoms with Crippen molar-refractivity contribution in [2.24, 2.45) is 0 Å². The number of carbonyl (C=O) groups is 3. The fraction of sp³-hybridized carbons (Fsp3) is 0.545. The second-order valence-corrected chi connectivity index (χ2v) is 3.37. The molecule has 0 aliphatic rings. The summed E-state index contributed by atoms with van der Waals surface area (Å²) in [6.45, 7) is 1.32. The number of carbonyl (C=O) groups excluding carboxylic acids is 2. The lowest BCUT2D eigenvalue weighted by atomic mass is 10.4. The molecule has 18 heavy (non-hydrogen) atoms. The van der Waals surface area contributed by atoms with Gasteiger partial charge in [-0.2, -0.15) is 0 Å². The van der Waals surface area contributed by atoms with Crippen LogP contribution in [0.1, 0.15) is 13.3 Å². The van der Waals surface area contributed by atoms with Crippen molar-refractivity contribution in [3.8, 4) is 12.3 Å². The van der Waals surface area contributed by atoms with E-state index >= 15 is 0 Å². The number of ether oxygens (including phenoxy) is 1. The summed E-state index contributed by atoms with van der Waals surface area (Å²) in [5.41, 5.74) is 0. The van der Waals surface area contributed by atoms with E-state index in [-0.39, 0.29) is 6.54 Å². The largest absolute Gasteiger partial charge is 0.480 e. The molecule has 0 saturated carbocycles. The number of rotatable bonds is 7. The average Bonchev–Trinajstić information content (AvgIpc) is 2.28. The van der Waals surface area contributed by atoms with Crippen molar-refractivity contribution < 1.29 is 24.2 Å². The van der Waals surface area contributed by atoms with Crippen LogP contribution in [-0.2, 0) is 14.3 Å². The van der Waals surface area contributed by atoms with Gasteiger partial charge in [0.15, 0.2) is 0 Å². The van der Waals surface area contributed by atoms with Crippen LogP contribution >= 0.6 is 0 Å². The fourth-order valence-electron chi connectivity index (χ4n) is 1.10. The maximum atomic E-state index is 11.6. The van der Waals surface area contributed by atoms with E-state index in [1.807, 2.05) is 6.92 Å². The molecule has 0 aromatic rings. The average molecular weight is 256 g/mol. The maximum Gasteiger partial charge on any atom is 0.329 e. The molecular formula is C11H16N2O5. The highest BCUT2D eigenvalue weighted by atomic mass is 16.5. The van der Waals surface area contributed by atoms with Crippen molar-refractivity contribution in [2.75, 3.05) is 26.3 Å². The molecule has 0 aromatic carbocycles. The number of imide groups is 1. The first kappa shape index (κ1) is 15.9. The molecule has 0 rings (SSSR count). The summed E-state index contributed by atoms with van der Waals surface area (Å²) < 4.78 is 4.53. The van der Waals surface area contributed by atoms with E-state index in [0.717, 1.165) is 0 Å². The van der Waals surface area contributed by atoms with Gasteiger partial charge in [-0.3, -0.25) is 10.1 Å². The standard InChI is InChI=1S/C11H16N2O5/c1-3-5-13(6-4-2)11(17)12-9(14)7-18-8-10(15)16/h1H,4-8H2,2H3,(H,15,16)(H,12,14,17). The zero-order chi connectivity index (χ0) is 14.0. The Balaban J connectivity index is 4.07. The van der Waals surface area contributed by atoms with Crippen LogP contribution in [0.2, 0.25) is 0 Å². The molecule has 0 aromatic heterocycles. The van der Waals surface area contributed by atoms with Gasteiger partial charge in [-0.25, -0.2) is 9.59 Å². The van der Waals surface area contributed by atoms with Gasteiger partial charge in [0.1, 0.15) is 13.2 Å². The molecule has 3 amide bonds. The van der Waals surface area contributed by atoms with E-state index in [4.69, 9.17) is 11.5 Å². The number of amides is 3. The molecule has 7 nitrogen and oxygen atoms in total. The predicted molar refractivity (Wildman–Crippen MR) is 62.7 cm³/mol. The lowest BCUT2D eigenvalue weighted by Gasteiger charge is -2.19. The topological polar surface area (TPSA) is 95.9 Å². The SMILES string of the molecule is C#CCN(CCC)C(=O)NC(=O)COCC(=O)O. The Hall–Kier alpha value is -2.07. The number of aliphatic carboxylic acids is 1. The van der Waals surface area contributed by atoms with E-state index in [9.17, 15) is 14.4 Å². The summed E-state index contributed by atoms with van der Waals surface area (Å²) in [5, 5.41) is 10.3. The van der Waals surface area contributed by atoms with Gasteiger partial charge in [-0.1, -0.05) is 12.8 Å². The second-order valence-electron chi connectivity index (χ2n) is 3.37. The molecule has 0 heterocycles. The van der Waals surface area contributed by atoms with E-state index in [1.165, 1.54) is 4.90 Å². The highest BCUT2D eigenvalue weighted by molar-refractivity contribution is 5.95. The number of nitrogens with zero attached hydrogens (tertiary/aromatic N) is 1. The predicted octanol–water partition coefficient (Wildman–Crippen LogP) is -0.331. The lowest BCUT2D eigenvalue weighted by molar-refractivity contribution is -0.143. The molecule has 0 fully saturated rings. The molecule has 0 aliphatic heterocycles. The molecule has 7 heteroatoms. The summed E-state index contributed by atoms with van der Waals surface area (Å²) in [5.74, 6) is 0.415. The van der Waals surface area contributed by atoms with Crippen LogP contribution in [0, 0.1) is 12.3 Å². The lowest BCUT2D eigenvalue weighted by Crippen LogP contribution is -2.44. The number of hydrogen-bond acceptors (Lipinski definition) is 4. The van der Waals surface area contributed by atoms with Crippen molar-refractivity contribution in [2.45, 2.75) is 13.3 Å². The van der Waals surface area contributed by atoms with Gasteiger partial charge in [0.05, 0.1) is 6.54 Å². The minimum absolute atomic E-state index is 0.100. The zero-order valence-electron chi connectivity index (χ0n) is 10.1. The molecule has 0 aliphatic carbocycles. The Morgan fingerprint density at radius 3 is 2.56 bits per heavy atom. The van der Waals surface area contributed by atoms with E-state index in [2.05, 4.69) is 16.0 Å². The second kappa shape index (κ2) is 9.01. The minimum atomic E-state index is -1.19. The molecule has 0 radical (unpaired) electrons. The van der Waals surface area contributed by atoms with E-state index in [1.54, 1.807) is 0 Å². The third-order valence-electron chi connectivity index (χ3n) is 1.77. The van der Waals surface area contributed by atoms with Crippen molar-refractivity contribution >= 4 is 17.9 Å². The summed E-state index contributed by atoms with van der Waals surface area (Å²) in [4.78, 5) is 34.2. The van der Waals surface area contributed by atoms with Crippen LogP contribution in [0.4, 0.5) is 4.79 Å². The number of carboxylic acid groups (broad SMARTS) is 1. The molecule has 0 unspecified atom stereocenters. The van der Waals surface area contributed by atoms with Gasteiger partial charge in [0.25, 0.3) is 5.91 Å². The van der Waals surface area contributed by atoms with Crippen molar-refractivity contribution in [3.05, 3.63) is 0 Å². The first-order chi connectivity index (χ1) is 8.51. The van der Waals surface area contributed by atoms with Crippen LogP contribution in [0.3, 0.4) is 0 Å². The Morgan fingerprint density at radius 1 is 1.39 bits per heavy atom. The highest BCUT2D eigenvalue weighted by Gasteiger charge is 2.14. The molecular weight excluding hydrogens is 240 g/mol. The summed E-state index contributed by atoms with van der Waals surface area (Å²) in [6.07, 6.45) is 5.80. The number of carboxylic acids is 1. The minimum Gasteiger partial charge on any atom is -0.480 e. The molecule has 2 N–H and O–H groups in total. The fourth-order valence-corrected chi connectivity index (χ4v) is 1.10. The zero-order valence-corrected chi connectivity index (χ0v) is 10.1. The summed E-state index contributed by atoms with van der Waals surface area (Å²) >= 11 is 0. The van der Waals surface area contributed by atoms with Gasteiger partial charge in [-0.15, -0.1) is 6.42 Å². The summed E-state index contributed by atoms with van der Waals surface area (Å²) in [7, 11) is 0. The summed E-state index contributed by atoms with van der Waals surface area (Å²) in [6, 6.07) is -0.612. The Labute approximate surface area is 105 Å². The van der Waals surface area contributed by atoms with E-state index < -0.39 is 31.1 Å². The normalized spacial score (nSPS) is 9.33. The van der Waals surface area contributed by atoms with Gasteiger partial charge in [-0.05, 0) is 6.42 Å². The Morgan fingerprint density at radius 2 is 2.06 bits per heavy atom. The van der Waals surface area contributed by atoms with Crippen molar-refractivity contribution in [1.82, 2.24) is 10.2 Å². The quantitative estimate of drug-likeness (QED) is 0.608. The van der Waals surface area contributed by atoms with Crippen LogP contribution < -0.4 is 5.32 Å². The van der Waals surface area contributed by atoms with Crippen LogP contribution in [-0.4, -0.2) is 54.2 Å². The monoisotopic (exact) mass is 256 g/mol. The molecule has 100 valence electrons. The van der Waals surface area contributed by atoms with E-state index in [0.29, 0.717) is 13.0 Å². The van der Waals surface area contributed by atoms with Gasteiger partial charge in [0.2, 0.25) is 0 Å². The van der Waals surface area contributed by atoms with Crippen LogP contribution in [0.15, 0.2) is 0 Å². The van der Waals surface area contributed by atoms with Crippen molar-refractivity contribution in [3.63, 3.8) is 0 Å². The Bertz CT molecular complexity index is 348. The molecule has 0 bridgehead atoms. The number of nitrogens with one attached hydrogen (secondary N) is 1. The molecule has 0 atom stereocenters. The van der Waals surface area contributed by atoms with Gasteiger partial charge in [0, 0.05) is 6.54 Å². The first-order valence-corrected chi connectivity index (χ1v) is 5.33. The number of urea groups is 1. The third kappa shape index (κ3) is 7.24. The number of terminal acetylenes is 1. The first-order valence-electron chi connectivity index (χ1n) is 5.33. The maximum absolute atomic E-state index is 11.6. The smallest absolute Gasteiger partial charge is 0.329 e. The van der Waals surface area contributed by atoms with Crippen molar-refractivity contribution in [1.29, 1.82) is 0 Å². The number of hydrogen-bond donors (Lipinski definition) is 2. The van der Waals surface area contributed by atoms with Crippen LogP contribution in [0.25, 0.3) is 0 Å². The Kier molecular flexibility index (Phi) is 7.98. The third-order valence-corrected chi connectivity index (χ3v) is 1.77. The molecule has 0 saturated heterocycles. The highest BCUT2D eigenvalue weighted by Crippen LogP contribution is 1.92. The van der Waals surface area contributed by atoms with Gasteiger partial charge >= 0.3 is 12.0 Å².